The summed E-state index contributed by atoms with van der Waals surface area (Å²) in [7, 11) is 0. The predicted molar refractivity (Wildman–Crippen MR) is 96.0 cm³/mol. The van der Waals surface area contributed by atoms with Crippen LogP contribution in [0, 0.1) is 0 Å². The van der Waals surface area contributed by atoms with Crippen LogP contribution in [0.2, 0.25) is 0 Å². The highest BCUT2D eigenvalue weighted by Crippen LogP contribution is 2.17. The first-order valence-electron chi connectivity index (χ1n) is 8.90. The monoisotopic (exact) mass is 415 g/mol. The van der Waals surface area contributed by atoms with Gasteiger partial charge in [-0.1, -0.05) is 0 Å². The standard InChI is InChI=1S/C16H25N5O8/c17-7-12(23)21-5-1-2-10(21)15(27)20-9(6-13(24)25)14(26)19-8(16(28)29)3-4-11(18)22/h8-10H,1-7,17H2,(H2,18,22)(H,19,26)(H,20,27)(H,24,25)(H,28,29). The molecule has 13 heteroatoms. The fourth-order valence-electron chi connectivity index (χ4n) is 2.92. The summed E-state index contributed by atoms with van der Waals surface area (Å²) in [4.78, 5) is 71.1. The van der Waals surface area contributed by atoms with E-state index >= 15 is 0 Å². The van der Waals surface area contributed by atoms with Crippen LogP contribution in [0.1, 0.15) is 32.1 Å². The van der Waals surface area contributed by atoms with Gasteiger partial charge >= 0.3 is 11.9 Å². The molecule has 1 aliphatic rings. The summed E-state index contributed by atoms with van der Waals surface area (Å²) < 4.78 is 0. The van der Waals surface area contributed by atoms with E-state index in [2.05, 4.69) is 10.6 Å². The van der Waals surface area contributed by atoms with E-state index in [0.29, 0.717) is 19.4 Å². The molecule has 4 amide bonds. The van der Waals surface area contributed by atoms with Gasteiger partial charge < -0.3 is 37.2 Å². The number of nitrogens with zero attached hydrogens (tertiary/aromatic N) is 1. The summed E-state index contributed by atoms with van der Waals surface area (Å²) in [6.45, 7) is 0.00109. The summed E-state index contributed by atoms with van der Waals surface area (Å²) >= 11 is 0. The lowest BCUT2D eigenvalue weighted by molar-refractivity contribution is -0.144. The van der Waals surface area contributed by atoms with Gasteiger partial charge in [0.2, 0.25) is 23.6 Å². The topological polar surface area (TPSA) is 222 Å². The van der Waals surface area contributed by atoms with E-state index in [1.165, 1.54) is 4.90 Å². The third-order valence-electron chi connectivity index (χ3n) is 4.36. The Bertz CT molecular complexity index is 682. The van der Waals surface area contributed by atoms with Crippen LogP contribution in [-0.2, 0) is 28.8 Å². The van der Waals surface area contributed by atoms with Crippen molar-refractivity contribution >= 4 is 35.6 Å². The minimum Gasteiger partial charge on any atom is -0.481 e. The van der Waals surface area contributed by atoms with Gasteiger partial charge in [-0.2, -0.15) is 0 Å². The van der Waals surface area contributed by atoms with E-state index in [0.717, 1.165) is 0 Å². The van der Waals surface area contributed by atoms with Crippen molar-refractivity contribution in [3.05, 3.63) is 0 Å². The first-order valence-corrected chi connectivity index (χ1v) is 8.90. The van der Waals surface area contributed by atoms with Crippen molar-refractivity contribution < 1.29 is 39.0 Å². The Morgan fingerprint density at radius 1 is 1.07 bits per heavy atom. The van der Waals surface area contributed by atoms with Crippen LogP contribution >= 0.6 is 0 Å². The Morgan fingerprint density at radius 2 is 1.72 bits per heavy atom. The van der Waals surface area contributed by atoms with Crippen LogP contribution in [-0.4, -0.2) is 81.9 Å². The van der Waals surface area contributed by atoms with E-state index in [-0.39, 0.29) is 19.4 Å². The molecule has 0 aliphatic carbocycles. The second kappa shape index (κ2) is 10.9. The molecule has 0 saturated carbocycles. The highest BCUT2D eigenvalue weighted by atomic mass is 16.4. The maximum absolute atomic E-state index is 12.5. The quantitative estimate of drug-likeness (QED) is 0.199. The molecule has 1 saturated heterocycles. The maximum atomic E-state index is 12.5. The van der Waals surface area contributed by atoms with Gasteiger partial charge in [0.15, 0.2) is 0 Å². The average Bonchev–Trinajstić information content (AvgIpc) is 3.12. The summed E-state index contributed by atoms with van der Waals surface area (Å²) in [5, 5.41) is 22.5. The predicted octanol–water partition coefficient (Wildman–Crippen LogP) is -3.27. The number of hydrogen-bond donors (Lipinski definition) is 6. The molecule has 0 radical (unpaired) electrons. The van der Waals surface area contributed by atoms with Gasteiger partial charge in [0.1, 0.15) is 18.1 Å². The molecule has 0 bridgehead atoms. The zero-order valence-corrected chi connectivity index (χ0v) is 15.6. The third-order valence-corrected chi connectivity index (χ3v) is 4.36. The largest absolute Gasteiger partial charge is 0.481 e. The van der Waals surface area contributed by atoms with Crippen molar-refractivity contribution in [3.63, 3.8) is 0 Å². The molecule has 0 spiro atoms. The number of nitrogens with one attached hydrogen (secondary N) is 2. The van der Waals surface area contributed by atoms with Crippen molar-refractivity contribution in [2.45, 2.75) is 50.2 Å². The number of aliphatic carboxylic acids is 2. The highest BCUT2D eigenvalue weighted by Gasteiger charge is 2.36. The molecule has 3 unspecified atom stereocenters. The molecule has 1 heterocycles. The number of carbonyl (C=O) groups is 6. The fourth-order valence-corrected chi connectivity index (χ4v) is 2.92. The molecule has 29 heavy (non-hydrogen) atoms. The normalized spacial score (nSPS) is 17.8. The van der Waals surface area contributed by atoms with Gasteiger partial charge in [-0.3, -0.25) is 24.0 Å². The maximum Gasteiger partial charge on any atom is 0.326 e. The minimum atomic E-state index is -1.58. The number of primary amides is 1. The fraction of sp³-hybridized carbons (Fsp3) is 0.625. The van der Waals surface area contributed by atoms with Gasteiger partial charge in [-0.25, -0.2) is 4.79 Å². The van der Waals surface area contributed by atoms with E-state index in [1.807, 2.05) is 0 Å². The Hall–Kier alpha value is -3.22. The van der Waals surface area contributed by atoms with Crippen LogP contribution in [0.4, 0.5) is 0 Å². The first kappa shape index (κ1) is 23.8. The van der Waals surface area contributed by atoms with Gasteiger partial charge in [0.25, 0.3) is 0 Å². The van der Waals surface area contributed by atoms with E-state index < -0.39 is 60.1 Å². The molecular weight excluding hydrogens is 390 g/mol. The van der Waals surface area contributed by atoms with Gasteiger partial charge in [-0.15, -0.1) is 0 Å². The van der Waals surface area contributed by atoms with Crippen LogP contribution in [0.3, 0.4) is 0 Å². The van der Waals surface area contributed by atoms with Crippen LogP contribution in [0.5, 0.6) is 0 Å². The summed E-state index contributed by atoms with van der Waals surface area (Å²) in [5.74, 6) is -5.88. The first-order chi connectivity index (χ1) is 13.6. The molecule has 0 aromatic carbocycles. The summed E-state index contributed by atoms with van der Waals surface area (Å²) in [6.07, 6.45) is -0.572. The Morgan fingerprint density at radius 3 is 2.24 bits per heavy atom. The molecule has 1 rings (SSSR count). The van der Waals surface area contributed by atoms with E-state index in [4.69, 9.17) is 21.7 Å². The number of carbonyl (C=O) groups excluding carboxylic acids is 4. The number of hydrogen-bond acceptors (Lipinski definition) is 7. The molecule has 1 aliphatic heterocycles. The lowest BCUT2D eigenvalue weighted by Crippen LogP contribution is -2.56. The highest BCUT2D eigenvalue weighted by molar-refractivity contribution is 5.95. The molecular formula is C16H25N5O8. The van der Waals surface area contributed by atoms with Gasteiger partial charge in [0.05, 0.1) is 13.0 Å². The lowest BCUT2D eigenvalue weighted by atomic mass is 10.1. The average molecular weight is 415 g/mol. The Kier molecular flexibility index (Phi) is 8.99. The minimum absolute atomic E-state index is 0.300. The second-order valence-electron chi connectivity index (χ2n) is 6.51. The SMILES string of the molecule is NCC(=O)N1CCCC1C(=O)NC(CC(=O)O)C(=O)NC(CCC(N)=O)C(=O)O. The summed E-state index contributed by atoms with van der Waals surface area (Å²) in [6, 6.07) is -3.98. The third kappa shape index (κ3) is 7.37. The molecule has 162 valence electrons. The Labute approximate surface area is 165 Å². The van der Waals surface area contributed by atoms with Crippen LogP contribution in [0.15, 0.2) is 0 Å². The van der Waals surface area contributed by atoms with Crippen molar-refractivity contribution in [2.75, 3.05) is 13.1 Å². The number of rotatable bonds is 11. The zero-order valence-electron chi connectivity index (χ0n) is 15.6. The molecule has 0 aromatic rings. The lowest BCUT2D eigenvalue weighted by Gasteiger charge is -2.26. The van der Waals surface area contributed by atoms with Crippen molar-refractivity contribution in [1.29, 1.82) is 0 Å². The number of nitrogens with two attached hydrogens (primary N) is 2. The summed E-state index contributed by atoms with van der Waals surface area (Å²) in [5.41, 5.74) is 10.3. The molecule has 3 atom stereocenters. The van der Waals surface area contributed by atoms with E-state index in [1.54, 1.807) is 0 Å². The smallest absolute Gasteiger partial charge is 0.326 e. The zero-order chi connectivity index (χ0) is 22.1. The molecule has 1 fully saturated rings. The number of carboxylic acids is 2. The van der Waals surface area contributed by atoms with Crippen LogP contribution in [0.25, 0.3) is 0 Å². The number of likely N-dealkylation sites (tertiary alicyclic amines) is 1. The number of amides is 4. The van der Waals surface area contributed by atoms with Crippen molar-refractivity contribution in [1.82, 2.24) is 15.5 Å². The van der Waals surface area contributed by atoms with E-state index in [9.17, 15) is 28.8 Å². The van der Waals surface area contributed by atoms with Gasteiger partial charge in [-0.05, 0) is 19.3 Å². The molecule has 8 N–H and O–H groups in total. The van der Waals surface area contributed by atoms with Gasteiger partial charge in [0, 0.05) is 13.0 Å². The second-order valence-corrected chi connectivity index (χ2v) is 6.51. The van der Waals surface area contributed by atoms with Crippen LogP contribution < -0.4 is 22.1 Å². The number of carboxylic acid groups (broad SMARTS) is 2. The molecule has 0 aromatic heterocycles. The van der Waals surface area contributed by atoms with Crippen molar-refractivity contribution in [3.8, 4) is 0 Å². The molecule has 13 nitrogen and oxygen atoms in total. The van der Waals surface area contributed by atoms with Crippen molar-refractivity contribution in [2.24, 2.45) is 11.5 Å². The Balaban J connectivity index is 2.86.